The van der Waals surface area contributed by atoms with Gasteiger partial charge in [0.25, 0.3) is 0 Å². The minimum Gasteiger partial charge on any atom is -0.355 e. The SMILES string of the molecule is Cc1cnc(N2CCC(C)CC2)c2cnc(-c3cccc(Cl)c3Cl)n12. The summed E-state index contributed by atoms with van der Waals surface area (Å²) in [5, 5.41) is 1.06. The average Bonchev–Trinajstić information content (AvgIpc) is 3.04. The van der Waals surface area contributed by atoms with Crippen LogP contribution in [0.3, 0.4) is 0 Å². The molecule has 0 aliphatic carbocycles. The summed E-state index contributed by atoms with van der Waals surface area (Å²) in [6.45, 7) is 6.41. The van der Waals surface area contributed by atoms with E-state index >= 15 is 0 Å². The number of benzene rings is 1. The fraction of sp³-hybridized carbons (Fsp3) is 0.368. The summed E-state index contributed by atoms with van der Waals surface area (Å²) in [6.07, 6.45) is 6.19. The summed E-state index contributed by atoms with van der Waals surface area (Å²) in [5.74, 6) is 2.58. The van der Waals surface area contributed by atoms with E-state index in [-0.39, 0.29) is 0 Å². The zero-order valence-electron chi connectivity index (χ0n) is 14.3. The number of hydrogen-bond acceptors (Lipinski definition) is 3. The van der Waals surface area contributed by atoms with Crippen molar-refractivity contribution in [2.75, 3.05) is 18.0 Å². The van der Waals surface area contributed by atoms with Gasteiger partial charge in [0, 0.05) is 30.5 Å². The number of hydrogen-bond donors (Lipinski definition) is 0. The second kappa shape index (κ2) is 6.50. The van der Waals surface area contributed by atoms with Crippen LogP contribution in [0.1, 0.15) is 25.5 Å². The highest BCUT2D eigenvalue weighted by Crippen LogP contribution is 2.35. The number of rotatable bonds is 2. The summed E-state index contributed by atoms with van der Waals surface area (Å²) in [7, 11) is 0. The van der Waals surface area contributed by atoms with Crippen molar-refractivity contribution in [3.63, 3.8) is 0 Å². The highest BCUT2D eigenvalue weighted by Gasteiger charge is 2.22. The van der Waals surface area contributed by atoms with E-state index in [9.17, 15) is 0 Å². The Kier molecular flexibility index (Phi) is 4.34. The van der Waals surface area contributed by atoms with E-state index in [1.165, 1.54) is 12.8 Å². The normalized spacial score (nSPS) is 15.9. The van der Waals surface area contributed by atoms with Gasteiger partial charge in [-0.1, -0.05) is 36.2 Å². The van der Waals surface area contributed by atoms with Crippen molar-refractivity contribution in [3.05, 3.63) is 46.3 Å². The Bertz CT molecular complexity index is 927. The van der Waals surface area contributed by atoms with Crippen molar-refractivity contribution in [1.29, 1.82) is 0 Å². The lowest BCUT2D eigenvalue weighted by Crippen LogP contribution is -2.33. The molecule has 4 nitrogen and oxygen atoms in total. The lowest BCUT2D eigenvalue weighted by molar-refractivity contribution is 0.437. The number of imidazole rings is 1. The predicted molar refractivity (Wildman–Crippen MR) is 104 cm³/mol. The van der Waals surface area contributed by atoms with Crippen LogP contribution in [0.4, 0.5) is 5.82 Å². The molecular formula is C19H20Cl2N4. The van der Waals surface area contributed by atoms with Crippen LogP contribution in [-0.4, -0.2) is 27.5 Å². The maximum Gasteiger partial charge on any atom is 0.154 e. The van der Waals surface area contributed by atoms with Gasteiger partial charge in [-0.25, -0.2) is 9.97 Å². The van der Waals surface area contributed by atoms with E-state index in [1.807, 2.05) is 31.5 Å². The van der Waals surface area contributed by atoms with Crippen LogP contribution in [0, 0.1) is 12.8 Å². The lowest BCUT2D eigenvalue weighted by atomic mass is 9.99. The fourth-order valence-corrected chi connectivity index (χ4v) is 3.86. The van der Waals surface area contributed by atoms with Crippen LogP contribution >= 0.6 is 23.2 Å². The molecule has 0 radical (unpaired) electrons. The van der Waals surface area contributed by atoms with Gasteiger partial charge in [-0.05, 0) is 37.8 Å². The molecule has 1 aliphatic rings. The third-order valence-electron chi connectivity index (χ3n) is 4.99. The van der Waals surface area contributed by atoms with E-state index in [2.05, 4.69) is 21.2 Å². The predicted octanol–water partition coefficient (Wildman–Crippen LogP) is 5.25. The highest BCUT2D eigenvalue weighted by atomic mass is 35.5. The van der Waals surface area contributed by atoms with Crippen molar-refractivity contribution in [2.45, 2.75) is 26.7 Å². The molecule has 1 fully saturated rings. The molecule has 0 amide bonds. The third kappa shape index (κ3) is 2.87. The van der Waals surface area contributed by atoms with Gasteiger partial charge in [-0.3, -0.25) is 4.40 Å². The molecule has 2 aromatic heterocycles. The van der Waals surface area contributed by atoms with Crippen LogP contribution in [0.25, 0.3) is 16.9 Å². The van der Waals surface area contributed by atoms with Crippen LogP contribution < -0.4 is 4.90 Å². The van der Waals surface area contributed by atoms with Crippen molar-refractivity contribution < 1.29 is 0 Å². The summed E-state index contributed by atoms with van der Waals surface area (Å²) < 4.78 is 2.12. The molecule has 0 saturated carbocycles. The molecule has 3 aromatic rings. The van der Waals surface area contributed by atoms with E-state index in [0.29, 0.717) is 10.0 Å². The molecule has 130 valence electrons. The quantitative estimate of drug-likeness (QED) is 0.614. The molecule has 4 rings (SSSR count). The first-order chi connectivity index (χ1) is 12.1. The number of anilines is 1. The molecule has 1 aliphatic heterocycles. The third-order valence-corrected chi connectivity index (χ3v) is 5.81. The summed E-state index contributed by atoms with van der Waals surface area (Å²) in [6, 6.07) is 5.64. The smallest absolute Gasteiger partial charge is 0.154 e. The lowest BCUT2D eigenvalue weighted by Gasteiger charge is -2.31. The monoisotopic (exact) mass is 374 g/mol. The number of aromatic nitrogens is 3. The molecule has 0 atom stereocenters. The Morgan fingerprint density at radius 2 is 1.84 bits per heavy atom. The Morgan fingerprint density at radius 3 is 2.60 bits per heavy atom. The van der Waals surface area contributed by atoms with Crippen LogP contribution in [-0.2, 0) is 0 Å². The molecule has 25 heavy (non-hydrogen) atoms. The molecular weight excluding hydrogens is 355 g/mol. The van der Waals surface area contributed by atoms with E-state index in [0.717, 1.165) is 47.4 Å². The standard InChI is InChI=1S/C19H20Cl2N4/c1-12-6-8-24(9-7-12)19-16-11-23-18(25(16)13(2)10-22-19)14-4-3-5-15(20)17(14)21/h3-5,10-12H,6-9H2,1-2H3. The minimum atomic E-state index is 0.529. The van der Waals surface area contributed by atoms with Crippen molar-refractivity contribution in [2.24, 2.45) is 5.92 Å². The number of piperidine rings is 1. The highest BCUT2D eigenvalue weighted by molar-refractivity contribution is 6.43. The number of fused-ring (bicyclic) bond motifs is 1. The van der Waals surface area contributed by atoms with Gasteiger partial charge in [-0.2, -0.15) is 0 Å². The van der Waals surface area contributed by atoms with Crippen LogP contribution in [0.2, 0.25) is 10.0 Å². The van der Waals surface area contributed by atoms with E-state index < -0.39 is 0 Å². The molecule has 1 saturated heterocycles. The van der Waals surface area contributed by atoms with Crippen LogP contribution in [0.5, 0.6) is 0 Å². The van der Waals surface area contributed by atoms with Crippen molar-refractivity contribution in [1.82, 2.24) is 14.4 Å². The van der Waals surface area contributed by atoms with Crippen molar-refractivity contribution >= 4 is 34.5 Å². The first-order valence-electron chi connectivity index (χ1n) is 8.58. The van der Waals surface area contributed by atoms with Gasteiger partial charge in [0.1, 0.15) is 11.3 Å². The van der Waals surface area contributed by atoms with Gasteiger partial charge >= 0.3 is 0 Å². The first kappa shape index (κ1) is 16.7. The van der Waals surface area contributed by atoms with Gasteiger partial charge in [0.2, 0.25) is 0 Å². The summed E-state index contributed by atoms with van der Waals surface area (Å²) >= 11 is 12.6. The largest absolute Gasteiger partial charge is 0.355 e. The zero-order chi connectivity index (χ0) is 17.6. The number of aryl methyl sites for hydroxylation is 1. The Morgan fingerprint density at radius 1 is 1.08 bits per heavy atom. The molecule has 0 N–H and O–H groups in total. The van der Waals surface area contributed by atoms with Gasteiger partial charge < -0.3 is 4.90 Å². The van der Waals surface area contributed by atoms with Gasteiger partial charge in [0.05, 0.1) is 16.2 Å². The molecule has 3 heterocycles. The second-order valence-corrected chi connectivity index (χ2v) is 7.58. The Balaban J connectivity index is 1.86. The molecule has 6 heteroatoms. The molecule has 1 aromatic carbocycles. The van der Waals surface area contributed by atoms with Crippen molar-refractivity contribution in [3.8, 4) is 11.4 Å². The zero-order valence-corrected chi connectivity index (χ0v) is 15.8. The number of halogens is 2. The van der Waals surface area contributed by atoms with Crippen LogP contribution in [0.15, 0.2) is 30.6 Å². The summed E-state index contributed by atoms with van der Waals surface area (Å²) in [5.41, 5.74) is 2.87. The maximum absolute atomic E-state index is 6.43. The van der Waals surface area contributed by atoms with Gasteiger partial charge in [-0.15, -0.1) is 0 Å². The minimum absolute atomic E-state index is 0.529. The second-order valence-electron chi connectivity index (χ2n) is 6.80. The summed E-state index contributed by atoms with van der Waals surface area (Å²) in [4.78, 5) is 11.7. The Hall–Kier alpha value is -1.78. The van der Waals surface area contributed by atoms with Gasteiger partial charge in [0.15, 0.2) is 5.82 Å². The number of nitrogens with zero attached hydrogens (tertiary/aromatic N) is 4. The molecule has 0 bridgehead atoms. The fourth-order valence-electron chi connectivity index (χ4n) is 3.48. The maximum atomic E-state index is 6.43. The Labute approximate surface area is 157 Å². The molecule has 0 spiro atoms. The van der Waals surface area contributed by atoms with E-state index in [1.54, 1.807) is 6.07 Å². The molecule has 0 unspecified atom stereocenters. The first-order valence-corrected chi connectivity index (χ1v) is 9.34. The average molecular weight is 375 g/mol. The van der Waals surface area contributed by atoms with E-state index in [4.69, 9.17) is 28.2 Å². The topological polar surface area (TPSA) is 33.4 Å².